The van der Waals surface area contributed by atoms with Crippen molar-refractivity contribution in [3.63, 3.8) is 0 Å². The normalized spacial score (nSPS) is 11.2. The van der Waals surface area contributed by atoms with Gasteiger partial charge in [-0.2, -0.15) is 0 Å². The number of fused-ring (bicyclic) bond motifs is 1. The Labute approximate surface area is 125 Å². The van der Waals surface area contributed by atoms with Gasteiger partial charge in [-0.25, -0.2) is 9.97 Å². The minimum Gasteiger partial charge on any atom is -0.226 e. The van der Waals surface area contributed by atoms with Crippen molar-refractivity contribution in [3.05, 3.63) is 44.9 Å². The zero-order valence-electron chi connectivity index (χ0n) is 10.4. The summed E-state index contributed by atoms with van der Waals surface area (Å²) in [5, 5.41) is 3.86. The van der Waals surface area contributed by atoms with E-state index in [0.717, 1.165) is 21.4 Å². The molecule has 0 aliphatic rings. The number of nitrogens with zero attached hydrogens (tertiary/aromatic N) is 2. The van der Waals surface area contributed by atoms with E-state index in [0.29, 0.717) is 21.5 Å². The molecule has 2 aromatic heterocycles. The lowest BCUT2D eigenvalue weighted by molar-refractivity contribution is 1.23. The minimum absolute atomic E-state index is 0.443. The number of aryl methyl sites for hydroxylation is 2. The molecule has 3 rings (SSSR count). The van der Waals surface area contributed by atoms with Crippen molar-refractivity contribution in [2.24, 2.45) is 0 Å². The van der Waals surface area contributed by atoms with E-state index in [9.17, 15) is 0 Å². The summed E-state index contributed by atoms with van der Waals surface area (Å²) in [5.74, 6) is 0.635. The summed E-state index contributed by atoms with van der Waals surface area (Å²) in [6.45, 7) is 4.00. The highest BCUT2D eigenvalue weighted by Crippen LogP contribution is 2.33. The van der Waals surface area contributed by atoms with Crippen LogP contribution in [0, 0.1) is 13.8 Å². The van der Waals surface area contributed by atoms with Crippen molar-refractivity contribution in [2.45, 2.75) is 13.8 Å². The Balaban J connectivity index is 2.34. The van der Waals surface area contributed by atoms with Gasteiger partial charge in [0, 0.05) is 5.39 Å². The fourth-order valence-corrected chi connectivity index (χ4v) is 3.39. The third-order valence-electron chi connectivity index (χ3n) is 2.92. The van der Waals surface area contributed by atoms with E-state index in [4.69, 9.17) is 23.2 Å². The first-order valence-corrected chi connectivity index (χ1v) is 7.37. The summed E-state index contributed by atoms with van der Waals surface area (Å²) in [4.78, 5) is 9.98. The average Bonchev–Trinajstić information content (AvgIpc) is 2.76. The molecule has 96 valence electrons. The van der Waals surface area contributed by atoms with Crippen molar-refractivity contribution in [3.8, 4) is 10.7 Å². The van der Waals surface area contributed by atoms with Crippen LogP contribution in [0.25, 0.3) is 21.6 Å². The van der Waals surface area contributed by atoms with Gasteiger partial charge in [-0.1, -0.05) is 23.2 Å². The molecule has 5 heteroatoms. The number of hydrogen-bond donors (Lipinski definition) is 0. The van der Waals surface area contributed by atoms with E-state index in [1.54, 1.807) is 11.3 Å². The molecule has 0 bridgehead atoms. The van der Waals surface area contributed by atoms with Crippen LogP contribution in [0.2, 0.25) is 10.2 Å². The van der Waals surface area contributed by atoms with Crippen molar-refractivity contribution >= 4 is 45.4 Å². The van der Waals surface area contributed by atoms with Gasteiger partial charge >= 0.3 is 0 Å². The molecule has 0 radical (unpaired) electrons. The van der Waals surface area contributed by atoms with E-state index in [1.165, 1.54) is 0 Å². The molecular formula is C14H10Cl2N2S. The second kappa shape index (κ2) is 4.75. The fraction of sp³-hybridized carbons (Fsp3) is 0.143. The van der Waals surface area contributed by atoms with Gasteiger partial charge in [-0.05, 0) is 48.6 Å². The lowest BCUT2D eigenvalue weighted by atomic mass is 10.1. The third kappa shape index (κ3) is 2.22. The monoisotopic (exact) mass is 308 g/mol. The minimum atomic E-state index is 0.443. The molecule has 0 aliphatic carbocycles. The SMILES string of the molecule is Cc1cc(Cl)c2nc(-c3sccc3C)nc(Cl)c2c1. The first kappa shape index (κ1) is 12.9. The number of aromatic nitrogens is 2. The van der Waals surface area contributed by atoms with Crippen LogP contribution in [0.1, 0.15) is 11.1 Å². The summed E-state index contributed by atoms with van der Waals surface area (Å²) in [5.41, 5.74) is 2.89. The Hall–Kier alpha value is -1.16. The van der Waals surface area contributed by atoms with E-state index >= 15 is 0 Å². The Morgan fingerprint density at radius 1 is 1.11 bits per heavy atom. The van der Waals surface area contributed by atoms with Crippen LogP contribution in [0.4, 0.5) is 0 Å². The molecule has 19 heavy (non-hydrogen) atoms. The van der Waals surface area contributed by atoms with Gasteiger partial charge in [0.1, 0.15) is 5.15 Å². The number of benzene rings is 1. The Kier molecular flexibility index (Phi) is 3.21. The maximum atomic E-state index is 6.27. The first-order valence-electron chi connectivity index (χ1n) is 5.74. The molecule has 3 aromatic rings. The predicted octanol–water partition coefficient (Wildman–Crippen LogP) is 5.28. The number of rotatable bonds is 1. The number of halogens is 2. The highest BCUT2D eigenvalue weighted by molar-refractivity contribution is 7.13. The van der Waals surface area contributed by atoms with Crippen LogP contribution < -0.4 is 0 Å². The van der Waals surface area contributed by atoms with Crippen molar-refractivity contribution in [1.29, 1.82) is 0 Å². The zero-order valence-corrected chi connectivity index (χ0v) is 12.7. The molecular weight excluding hydrogens is 299 g/mol. The maximum absolute atomic E-state index is 6.27. The second-order valence-corrected chi connectivity index (χ2v) is 6.10. The van der Waals surface area contributed by atoms with Gasteiger partial charge in [-0.15, -0.1) is 11.3 Å². The fourth-order valence-electron chi connectivity index (χ4n) is 1.99. The Morgan fingerprint density at radius 2 is 1.89 bits per heavy atom. The van der Waals surface area contributed by atoms with Crippen molar-refractivity contribution in [2.75, 3.05) is 0 Å². The van der Waals surface area contributed by atoms with E-state index < -0.39 is 0 Å². The highest BCUT2D eigenvalue weighted by Gasteiger charge is 2.13. The van der Waals surface area contributed by atoms with Crippen LogP contribution in [-0.2, 0) is 0 Å². The van der Waals surface area contributed by atoms with Crippen molar-refractivity contribution in [1.82, 2.24) is 9.97 Å². The van der Waals surface area contributed by atoms with E-state index in [2.05, 4.69) is 9.97 Å². The van der Waals surface area contributed by atoms with Crippen LogP contribution >= 0.6 is 34.5 Å². The standard InChI is InChI=1S/C14H10Cl2N2S/c1-7-5-9-11(10(15)6-7)17-14(18-13(9)16)12-8(2)3-4-19-12/h3-6H,1-2H3. The highest BCUT2D eigenvalue weighted by atomic mass is 35.5. The molecule has 0 unspecified atom stereocenters. The number of thiophene rings is 1. The van der Waals surface area contributed by atoms with Gasteiger partial charge in [0.15, 0.2) is 5.82 Å². The largest absolute Gasteiger partial charge is 0.226 e. The molecule has 0 N–H and O–H groups in total. The molecule has 0 aliphatic heterocycles. The molecule has 0 atom stereocenters. The molecule has 0 spiro atoms. The predicted molar refractivity (Wildman–Crippen MR) is 82.3 cm³/mol. The van der Waals surface area contributed by atoms with Crippen molar-refractivity contribution < 1.29 is 0 Å². The van der Waals surface area contributed by atoms with Gasteiger partial charge in [0.2, 0.25) is 0 Å². The Bertz CT molecular complexity index is 780. The molecule has 2 heterocycles. The summed E-state index contributed by atoms with van der Waals surface area (Å²) in [6.07, 6.45) is 0. The van der Waals surface area contributed by atoms with Gasteiger partial charge in [-0.3, -0.25) is 0 Å². The summed E-state index contributed by atoms with van der Waals surface area (Å²) in [7, 11) is 0. The van der Waals surface area contributed by atoms with Crippen LogP contribution in [0.15, 0.2) is 23.6 Å². The zero-order chi connectivity index (χ0) is 13.6. The van der Waals surface area contributed by atoms with Gasteiger partial charge in [0.25, 0.3) is 0 Å². The van der Waals surface area contributed by atoms with Gasteiger partial charge < -0.3 is 0 Å². The van der Waals surface area contributed by atoms with Gasteiger partial charge in [0.05, 0.1) is 15.4 Å². The summed E-state index contributed by atoms with van der Waals surface area (Å²) >= 11 is 14.1. The topological polar surface area (TPSA) is 25.8 Å². The molecule has 1 aromatic carbocycles. The second-order valence-electron chi connectivity index (χ2n) is 4.41. The summed E-state index contributed by atoms with van der Waals surface area (Å²) < 4.78 is 0. The molecule has 0 saturated carbocycles. The van der Waals surface area contributed by atoms with E-state index in [-0.39, 0.29) is 0 Å². The quantitative estimate of drug-likeness (QED) is 0.571. The number of hydrogen-bond acceptors (Lipinski definition) is 3. The summed E-state index contributed by atoms with van der Waals surface area (Å²) in [6, 6.07) is 5.88. The molecule has 0 amide bonds. The van der Waals surface area contributed by atoms with Crippen LogP contribution in [-0.4, -0.2) is 9.97 Å². The third-order valence-corrected chi connectivity index (χ3v) is 4.51. The Morgan fingerprint density at radius 3 is 2.58 bits per heavy atom. The maximum Gasteiger partial charge on any atom is 0.171 e. The molecule has 0 fully saturated rings. The van der Waals surface area contributed by atoms with Crippen LogP contribution in [0.5, 0.6) is 0 Å². The lowest BCUT2D eigenvalue weighted by Crippen LogP contribution is -1.93. The lowest BCUT2D eigenvalue weighted by Gasteiger charge is -2.06. The smallest absolute Gasteiger partial charge is 0.171 e. The van der Waals surface area contributed by atoms with E-state index in [1.807, 2.05) is 37.4 Å². The average molecular weight is 309 g/mol. The van der Waals surface area contributed by atoms with Crippen LogP contribution in [0.3, 0.4) is 0 Å². The molecule has 2 nitrogen and oxygen atoms in total. The first-order chi connectivity index (χ1) is 9.06. The molecule has 0 saturated heterocycles.